The molecule has 4 aromatic rings. The summed E-state index contributed by atoms with van der Waals surface area (Å²) in [6.07, 6.45) is 6.70. The average molecular weight is 558 g/mol. The SMILES string of the molecule is Cc1ccnc(Cn2c(-c3ccc(OCC(=O)N4CCC[C@H]4C#N)cc3Cl)nc3c(OC4(C)CC4)ncnc32)c1. The molecule has 0 N–H and O–H groups in total. The summed E-state index contributed by atoms with van der Waals surface area (Å²) in [7, 11) is 0. The number of nitriles is 1. The molecular weight excluding hydrogens is 530 g/mol. The summed E-state index contributed by atoms with van der Waals surface area (Å²) in [4.78, 5) is 32.6. The van der Waals surface area contributed by atoms with Crippen LogP contribution < -0.4 is 9.47 Å². The van der Waals surface area contributed by atoms with Gasteiger partial charge in [0.05, 0.1) is 23.3 Å². The summed E-state index contributed by atoms with van der Waals surface area (Å²) >= 11 is 6.78. The van der Waals surface area contributed by atoms with Crippen LogP contribution in [0.4, 0.5) is 0 Å². The molecule has 0 spiro atoms. The van der Waals surface area contributed by atoms with Crippen molar-refractivity contribution in [3.63, 3.8) is 0 Å². The third-order valence-electron chi connectivity index (χ3n) is 7.35. The Morgan fingerprint density at radius 1 is 1.23 bits per heavy atom. The number of nitrogens with zero attached hydrogens (tertiary/aromatic N) is 7. The molecule has 3 aromatic heterocycles. The lowest BCUT2D eigenvalue weighted by Gasteiger charge is -2.19. The lowest BCUT2D eigenvalue weighted by Crippen LogP contribution is -2.37. The maximum absolute atomic E-state index is 12.6. The summed E-state index contributed by atoms with van der Waals surface area (Å²) in [6.45, 7) is 4.90. The zero-order valence-electron chi connectivity index (χ0n) is 22.3. The highest BCUT2D eigenvalue weighted by Crippen LogP contribution is 2.41. The third kappa shape index (κ3) is 5.17. The molecule has 0 unspecified atom stereocenters. The van der Waals surface area contributed by atoms with Crippen LogP contribution in [-0.2, 0) is 11.3 Å². The standard InChI is InChI=1S/C29H28ClN7O3/c1-18-7-10-32-19(12-18)15-37-26(35-25-27(37)33-17-34-28(25)40-29(2)8-9-29)22-6-5-21(13-23(22)30)39-16-24(38)36-11-3-4-20(36)14-31/h5-7,10,12-13,17,20H,3-4,8-9,11,15-16H2,1-2H3/t20-/m0/s1. The number of likely N-dealkylation sites (tertiary alicyclic amines) is 1. The van der Waals surface area contributed by atoms with Gasteiger partial charge in [0.15, 0.2) is 17.8 Å². The van der Waals surface area contributed by atoms with Crippen molar-refractivity contribution in [1.29, 1.82) is 5.26 Å². The van der Waals surface area contributed by atoms with E-state index in [9.17, 15) is 10.1 Å². The molecule has 10 nitrogen and oxygen atoms in total. The summed E-state index contributed by atoms with van der Waals surface area (Å²) in [6, 6.07) is 11.0. The van der Waals surface area contributed by atoms with Gasteiger partial charge in [-0.15, -0.1) is 0 Å². The summed E-state index contributed by atoms with van der Waals surface area (Å²) in [5.41, 5.74) is 3.55. The van der Waals surface area contributed by atoms with E-state index in [2.05, 4.69) is 27.9 Å². The fraction of sp³-hybridized carbons (Fsp3) is 0.379. The van der Waals surface area contributed by atoms with Crippen LogP contribution in [-0.4, -0.2) is 60.1 Å². The number of hydrogen-bond donors (Lipinski definition) is 0. The Bertz CT molecular complexity index is 1640. The Kier molecular flexibility index (Phi) is 6.76. The monoisotopic (exact) mass is 557 g/mol. The summed E-state index contributed by atoms with van der Waals surface area (Å²) < 4.78 is 13.9. The number of fused-ring (bicyclic) bond motifs is 1. The minimum Gasteiger partial charge on any atom is -0.484 e. The van der Waals surface area contributed by atoms with Crippen molar-refractivity contribution in [3.05, 3.63) is 59.1 Å². The van der Waals surface area contributed by atoms with Gasteiger partial charge in [-0.1, -0.05) is 11.6 Å². The van der Waals surface area contributed by atoms with Gasteiger partial charge in [-0.3, -0.25) is 9.78 Å². The number of halogens is 1. The lowest BCUT2D eigenvalue weighted by atomic mass is 10.2. The van der Waals surface area contributed by atoms with E-state index in [1.807, 2.05) is 29.7 Å². The Morgan fingerprint density at radius 2 is 2.08 bits per heavy atom. The highest BCUT2D eigenvalue weighted by Gasteiger charge is 2.41. The molecule has 1 aliphatic carbocycles. The minimum absolute atomic E-state index is 0.166. The van der Waals surface area contributed by atoms with Crippen LogP contribution in [0.5, 0.6) is 11.6 Å². The van der Waals surface area contributed by atoms with Crippen molar-refractivity contribution < 1.29 is 14.3 Å². The van der Waals surface area contributed by atoms with Gasteiger partial charge in [-0.05, 0) is 75.4 Å². The zero-order valence-corrected chi connectivity index (χ0v) is 23.1. The van der Waals surface area contributed by atoms with E-state index in [4.69, 9.17) is 26.1 Å². The molecule has 0 radical (unpaired) electrons. The Labute approximate surface area is 236 Å². The molecule has 1 atom stereocenters. The fourth-order valence-corrected chi connectivity index (χ4v) is 5.15. The van der Waals surface area contributed by atoms with Crippen LogP contribution in [0.2, 0.25) is 5.02 Å². The van der Waals surface area contributed by atoms with Crippen LogP contribution in [0.1, 0.15) is 43.9 Å². The predicted molar refractivity (Wildman–Crippen MR) is 148 cm³/mol. The molecule has 2 fully saturated rings. The second-order valence-corrected chi connectivity index (χ2v) is 11.0. The van der Waals surface area contributed by atoms with Crippen LogP contribution in [0.25, 0.3) is 22.6 Å². The number of benzene rings is 1. The van der Waals surface area contributed by atoms with Crippen molar-refractivity contribution in [2.24, 2.45) is 0 Å². The highest BCUT2D eigenvalue weighted by molar-refractivity contribution is 6.33. The second kappa shape index (κ2) is 10.4. The maximum atomic E-state index is 12.6. The van der Waals surface area contributed by atoms with E-state index in [1.54, 1.807) is 23.2 Å². The predicted octanol–water partition coefficient (Wildman–Crippen LogP) is 4.72. The second-order valence-electron chi connectivity index (χ2n) is 10.6. The first-order chi connectivity index (χ1) is 19.3. The Balaban J connectivity index is 1.33. The quantitative estimate of drug-likeness (QED) is 0.305. The first-order valence-corrected chi connectivity index (χ1v) is 13.6. The van der Waals surface area contributed by atoms with Crippen molar-refractivity contribution in [3.8, 4) is 29.1 Å². The molecule has 1 amide bonds. The first kappa shape index (κ1) is 26.0. The first-order valence-electron chi connectivity index (χ1n) is 13.3. The van der Waals surface area contributed by atoms with Crippen molar-refractivity contribution in [2.75, 3.05) is 13.2 Å². The molecule has 204 valence electrons. The molecule has 11 heteroatoms. The smallest absolute Gasteiger partial charge is 0.261 e. The van der Waals surface area contributed by atoms with Crippen LogP contribution in [0.15, 0.2) is 42.9 Å². The van der Waals surface area contributed by atoms with E-state index in [0.29, 0.717) is 58.7 Å². The van der Waals surface area contributed by atoms with Gasteiger partial charge in [0, 0.05) is 18.3 Å². The number of carbonyl (C=O) groups is 1. The van der Waals surface area contributed by atoms with Crippen molar-refractivity contribution >= 4 is 28.7 Å². The molecule has 2 aliphatic rings. The number of rotatable bonds is 8. The van der Waals surface area contributed by atoms with Crippen molar-refractivity contribution in [2.45, 2.75) is 57.7 Å². The van der Waals surface area contributed by atoms with Crippen LogP contribution in [0, 0.1) is 18.3 Å². The molecular formula is C29H28ClN7O3. The highest BCUT2D eigenvalue weighted by atomic mass is 35.5. The largest absolute Gasteiger partial charge is 0.484 e. The van der Waals surface area contributed by atoms with Gasteiger partial charge in [0.25, 0.3) is 5.91 Å². The van der Waals surface area contributed by atoms with Crippen LogP contribution in [0.3, 0.4) is 0 Å². The van der Waals surface area contributed by atoms with Gasteiger partial charge in [-0.2, -0.15) is 10.2 Å². The number of amides is 1. The molecule has 6 rings (SSSR count). The van der Waals surface area contributed by atoms with Gasteiger partial charge < -0.3 is 18.9 Å². The van der Waals surface area contributed by atoms with Gasteiger partial charge in [0.2, 0.25) is 5.88 Å². The average Bonchev–Trinajstić information content (AvgIpc) is 3.32. The van der Waals surface area contributed by atoms with E-state index >= 15 is 0 Å². The number of pyridine rings is 1. The van der Waals surface area contributed by atoms with E-state index in [-0.39, 0.29) is 18.1 Å². The number of carbonyl (C=O) groups excluding carboxylic acids is 1. The topological polar surface area (TPSA) is 119 Å². The molecule has 1 saturated heterocycles. The number of hydrogen-bond acceptors (Lipinski definition) is 8. The zero-order chi connectivity index (χ0) is 27.9. The van der Waals surface area contributed by atoms with E-state index < -0.39 is 6.04 Å². The summed E-state index contributed by atoms with van der Waals surface area (Å²) in [5, 5.41) is 9.67. The third-order valence-corrected chi connectivity index (χ3v) is 7.67. The number of aromatic nitrogens is 5. The molecule has 1 saturated carbocycles. The maximum Gasteiger partial charge on any atom is 0.261 e. The number of ether oxygens (including phenoxy) is 2. The lowest BCUT2D eigenvalue weighted by molar-refractivity contribution is -0.133. The Hall–Kier alpha value is -4.23. The van der Waals surface area contributed by atoms with Gasteiger partial charge in [-0.25, -0.2) is 9.97 Å². The molecule has 40 heavy (non-hydrogen) atoms. The normalized spacial score (nSPS) is 17.6. The van der Waals surface area contributed by atoms with Gasteiger partial charge in [0.1, 0.15) is 29.5 Å². The fourth-order valence-electron chi connectivity index (χ4n) is 4.90. The van der Waals surface area contributed by atoms with E-state index in [0.717, 1.165) is 30.5 Å². The molecule has 4 heterocycles. The Morgan fingerprint density at radius 3 is 2.83 bits per heavy atom. The molecule has 0 bridgehead atoms. The number of aryl methyl sites for hydroxylation is 1. The van der Waals surface area contributed by atoms with Crippen molar-refractivity contribution in [1.82, 2.24) is 29.4 Å². The number of imidazole rings is 1. The minimum atomic E-state index is -0.391. The summed E-state index contributed by atoms with van der Waals surface area (Å²) in [5.74, 6) is 1.26. The molecule has 1 aliphatic heterocycles. The van der Waals surface area contributed by atoms with E-state index in [1.165, 1.54) is 6.33 Å². The molecule has 1 aromatic carbocycles. The van der Waals surface area contributed by atoms with Gasteiger partial charge >= 0.3 is 0 Å². The van der Waals surface area contributed by atoms with Crippen LogP contribution >= 0.6 is 11.6 Å².